The first-order valence-corrected chi connectivity index (χ1v) is 8.40. The van der Waals surface area contributed by atoms with E-state index in [-0.39, 0.29) is 11.7 Å². The number of carbonyl (C=O) groups is 1. The predicted molar refractivity (Wildman–Crippen MR) is 95.5 cm³/mol. The van der Waals surface area contributed by atoms with Crippen molar-refractivity contribution in [2.45, 2.75) is 33.3 Å². The van der Waals surface area contributed by atoms with Crippen molar-refractivity contribution in [1.29, 1.82) is 0 Å². The molecule has 1 N–H and O–H groups in total. The second kappa shape index (κ2) is 9.06. The van der Waals surface area contributed by atoms with Crippen molar-refractivity contribution in [3.8, 4) is 11.5 Å². The van der Waals surface area contributed by atoms with Gasteiger partial charge in [0, 0.05) is 0 Å². The molecule has 0 saturated heterocycles. The molecule has 0 aliphatic rings. The van der Waals surface area contributed by atoms with E-state index in [0.29, 0.717) is 19.6 Å². The molecule has 4 nitrogen and oxygen atoms in total. The lowest BCUT2D eigenvalue weighted by atomic mass is 10.1. The zero-order valence-corrected chi connectivity index (χ0v) is 14.8. The van der Waals surface area contributed by atoms with Crippen molar-refractivity contribution in [1.82, 2.24) is 5.32 Å². The van der Waals surface area contributed by atoms with Crippen LogP contribution in [0, 0.1) is 19.7 Å². The van der Waals surface area contributed by atoms with Crippen molar-refractivity contribution in [3.05, 3.63) is 59.4 Å². The molecule has 2 rings (SSSR count). The Morgan fingerprint density at radius 3 is 2.64 bits per heavy atom. The van der Waals surface area contributed by atoms with Gasteiger partial charge in [-0.05, 0) is 49.6 Å². The summed E-state index contributed by atoms with van der Waals surface area (Å²) in [6, 6.07) is 12.0. The molecule has 0 aliphatic heterocycles. The summed E-state index contributed by atoms with van der Waals surface area (Å²) in [6.07, 6.45) is -0.296. The zero-order chi connectivity index (χ0) is 18.2. The molecule has 25 heavy (non-hydrogen) atoms. The van der Waals surface area contributed by atoms with E-state index in [2.05, 4.69) is 5.32 Å². The van der Waals surface area contributed by atoms with Crippen molar-refractivity contribution in [2.75, 3.05) is 13.2 Å². The maximum Gasteiger partial charge on any atom is 0.261 e. The van der Waals surface area contributed by atoms with Crippen LogP contribution in [0.4, 0.5) is 4.39 Å². The fourth-order valence-electron chi connectivity index (χ4n) is 2.33. The third-order valence-corrected chi connectivity index (χ3v) is 3.77. The number of carbonyl (C=O) groups excluding carboxylic acids is 1. The molecule has 0 bridgehead atoms. The third kappa shape index (κ3) is 5.48. The molecule has 0 radical (unpaired) electrons. The van der Waals surface area contributed by atoms with E-state index >= 15 is 0 Å². The first-order chi connectivity index (χ1) is 12.0. The smallest absolute Gasteiger partial charge is 0.261 e. The first kappa shape index (κ1) is 18.8. The molecule has 1 atom stereocenters. The van der Waals surface area contributed by atoms with Crippen LogP contribution in [0.5, 0.6) is 11.5 Å². The predicted octanol–water partition coefficient (Wildman–Crippen LogP) is 3.80. The van der Waals surface area contributed by atoms with Crippen LogP contribution in [0.25, 0.3) is 0 Å². The van der Waals surface area contributed by atoms with E-state index < -0.39 is 11.9 Å². The number of hydrogen-bond acceptors (Lipinski definition) is 3. The molecule has 0 spiro atoms. The Morgan fingerprint density at radius 1 is 1.16 bits per heavy atom. The average Bonchev–Trinajstić information content (AvgIpc) is 2.60. The van der Waals surface area contributed by atoms with Crippen LogP contribution in [0.3, 0.4) is 0 Å². The molecular weight excluding hydrogens is 321 g/mol. The maximum atomic E-state index is 13.6. The summed E-state index contributed by atoms with van der Waals surface area (Å²) in [5, 5.41) is 2.77. The number of ether oxygens (including phenoxy) is 2. The monoisotopic (exact) mass is 345 g/mol. The number of halogens is 1. The molecule has 2 aromatic rings. The molecule has 5 heteroatoms. The van der Waals surface area contributed by atoms with Gasteiger partial charge in [-0.3, -0.25) is 4.79 Å². The normalized spacial score (nSPS) is 11.7. The van der Waals surface area contributed by atoms with Crippen molar-refractivity contribution >= 4 is 5.91 Å². The average molecular weight is 345 g/mol. The maximum absolute atomic E-state index is 13.6. The highest BCUT2D eigenvalue weighted by Gasteiger charge is 2.19. The molecular formula is C20H24FNO3. The van der Waals surface area contributed by atoms with Crippen molar-refractivity contribution < 1.29 is 18.7 Å². The number of para-hydroxylation sites is 1. The standard InChI is InChI=1S/C20H24FNO3/c1-4-17(25-18-8-6-5-7-16(18)21)20(23)22-11-12-24-19-13-14(2)9-10-15(19)3/h5-10,13,17H,4,11-12H2,1-3H3,(H,22,23)/t17-/m1/s1. The van der Waals surface area contributed by atoms with Crippen LogP contribution in [0.15, 0.2) is 42.5 Å². The largest absolute Gasteiger partial charge is 0.491 e. The molecule has 0 aliphatic carbocycles. The molecule has 0 saturated carbocycles. The van der Waals surface area contributed by atoms with Gasteiger partial charge in [0.25, 0.3) is 5.91 Å². The molecule has 2 aromatic carbocycles. The van der Waals surface area contributed by atoms with Crippen LogP contribution >= 0.6 is 0 Å². The Bertz CT molecular complexity index is 718. The summed E-state index contributed by atoms with van der Waals surface area (Å²) < 4.78 is 24.8. The number of nitrogens with one attached hydrogen (secondary N) is 1. The van der Waals surface area contributed by atoms with Crippen LogP contribution in [-0.2, 0) is 4.79 Å². The van der Waals surface area contributed by atoms with Gasteiger partial charge in [0.05, 0.1) is 6.54 Å². The van der Waals surface area contributed by atoms with Gasteiger partial charge in [0.15, 0.2) is 17.7 Å². The Labute approximate surface area is 148 Å². The number of aryl methyl sites for hydroxylation is 2. The highest BCUT2D eigenvalue weighted by molar-refractivity contribution is 5.81. The van der Waals surface area contributed by atoms with Gasteiger partial charge in [0.2, 0.25) is 0 Å². The second-order valence-electron chi connectivity index (χ2n) is 5.85. The highest BCUT2D eigenvalue weighted by Crippen LogP contribution is 2.19. The lowest BCUT2D eigenvalue weighted by molar-refractivity contribution is -0.128. The van der Waals surface area contributed by atoms with Crippen molar-refractivity contribution in [3.63, 3.8) is 0 Å². The summed E-state index contributed by atoms with van der Waals surface area (Å²) in [6.45, 7) is 6.50. The summed E-state index contributed by atoms with van der Waals surface area (Å²) in [5.41, 5.74) is 2.17. The number of rotatable bonds is 8. The molecule has 134 valence electrons. The number of benzene rings is 2. The van der Waals surface area contributed by atoms with E-state index in [1.54, 1.807) is 12.1 Å². The summed E-state index contributed by atoms with van der Waals surface area (Å²) in [7, 11) is 0. The van der Waals surface area contributed by atoms with E-state index in [1.165, 1.54) is 12.1 Å². The Kier molecular flexibility index (Phi) is 6.81. The molecule has 0 aromatic heterocycles. The van der Waals surface area contributed by atoms with E-state index in [9.17, 15) is 9.18 Å². The van der Waals surface area contributed by atoms with Gasteiger partial charge < -0.3 is 14.8 Å². The minimum absolute atomic E-state index is 0.0798. The number of amides is 1. The lowest BCUT2D eigenvalue weighted by Gasteiger charge is -2.18. The Hall–Kier alpha value is -2.56. The van der Waals surface area contributed by atoms with Gasteiger partial charge in [0.1, 0.15) is 12.4 Å². The summed E-state index contributed by atoms with van der Waals surface area (Å²) in [4.78, 5) is 12.2. The van der Waals surface area contributed by atoms with E-state index in [4.69, 9.17) is 9.47 Å². The fourth-order valence-corrected chi connectivity index (χ4v) is 2.33. The Balaban J connectivity index is 1.82. The SMILES string of the molecule is CC[C@@H](Oc1ccccc1F)C(=O)NCCOc1cc(C)ccc1C. The van der Waals surface area contributed by atoms with Crippen molar-refractivity contribution in [2.24, 2.45) is 0 Å². The Morgan fingerprint density at radius 2 is 1.92 bits per heavy atom. The molecule has 1 amide bonds. The second-order valence-corrected chi connectivity index (χ2v) is 5.85. The molecule has 0 heterocycles. The minimum Gasteiger partial charge on any atom is -0.491 e. The van der Waals surface area contributed by atoms with Gasteiger partial charge in [-0.25, -0.2) is 4.39 Å². The van der Waals surface area contributed by atoms with Gasteiger partial charge >= 0.3 is 0 Å². The van der Waals surface area contributed by atoms with Crippen LogP contribution in [0.1, 0.15) is 24.5 Å². The fraction of sp³-hybridized carbons (Fsp3) is 0.350. The topological polar surface area (TPSA) is 47.6 Å². The molecule has 0 unspecified atom stereocenters. The van der Waals surface area contributed by atoms with Crippen LogP contribution < -0.4 is 14.8 Å². The molecule has 0 fully saturated rings. The lowest BCUT2D eigenvalue weighted by Crippen LogP contribution is -2.40. The highest BCUT2D eigenvalue weighted by atomic mass is 19.1. The third-order valence-electron chi connectivity index (χ3n) is 3.77. The zero-order valence-electron chi connectivity index (χ0n) is 14.8. The van der Waals surface area contributed by atoms with Gasteiger partial charge in [-0.15, -0.1) is 0 Å². The summed E-state index contributed by atoms with van der Waals surface area (Å²) in [5.74, 6) is 0.127. The van der Waals surface area contributed by atoms with Gasteiger partial charge in [-0.1, -0.05) is 31.2 Å². The minimum atomic E-state index is -0.738. The van der Waals surface area contributed by atoms with E-state index in [0.717, 1.165) is 16.9 Å². The van der Waals surface area contributed by atoms with Crippen LogP contribution in [-0.4, -0.2) is 25.2 Å². The van der Waals surface area contributed by atoms with Crippen LogP contribution in [0.2, 0.25) is 0 Å². The van der Waals surface area contributed by atoms with Gasteiger partial charge in [-0.2, -0.15) is 0 Å². The summed E-state index contributed by atoms with van der Waals surface area (Å²) >= 11 is 0. The quantitative estimate of drug-likeness (QED) is 0.741. The first-order valence-electron chi connectivity index (χ1n) is 8.40. The number of hydrogen-bond donors (Lipinski definition) is 1. The van der Waals surface area contributed by atoms with E-state index in [1.807, 2.05) is 39.0 Å².